The second-order valence-corrected chi connectivity index (χ2v) is 4.35. The quantitative estimate of drug-likeness (QED) is 0.672. The minimum absolute atomic E-state index is 0.186. The first kappa shape index (κ1) is 13.4. The fourth-order valence-corrected chi connectivity index (χ4v) is 1.58. The predicted molar refractivity (Wildman–Crippen MR) is 70.0 cm³/mol. The predicted octanol–water partition coefficient (Wildman–Crippen LogP) is 3.18. The number of amides is 1. The monoisotopic (exact) mass is 319 g/mol. The Kier molecular flexibility index (Phi) is 5.14. The van der Waals surface area contributed by atoms with Crippen LogP contribution in [0, 0.1) is 12.3 Å². The summed E-state index contributed by atoms with van der Waals surface area (Å²) in [6, 6.07) is 4.51. The van der Waals surface area contributed by atoms with Gasteiger partial charge in [0.25, 0.3) is 0 Å². The van der Waals surface area contributed by atoms with Crippen LogP contribution in [0.25, 0.3) is 0 Å². The summed E-state index contributed by atoms with van der Waals surface area (Å²) in [6.07, 6.45) is 5.34. The summed E-state index contributed by atoms with van der Waals surface area (Å²) in [5, 5.41) is 3.72. The zero-order valence-electron chi connectivity index (χ0n) is 8.14. The maximum atomic E-state index is 11.2. The molecule has 84 valence electrons. The molecule has 0 saturated heterocycles. The van der Waals surface area contributed by atoms with Gasteiger partial charge in [-0.05, 0) is 17.7 Å². The zero-order valence-corrected chi connectivity index (χ0v) is 11.2. The van der Waals surface area contributed by atoms with E-state index in [0.29, 0.717) is 10.0 Å². The van der Waals surface area contributed by atoms with Gasteiger partial charge in [0.2, 0.25) is 5.91 Å². The fourth-order valence-electron chi connectivity index (χ4n) is 1.11. The summed E-state index contributed by atoms with van der Waals surface area (Å²) in [7, 11) is 0. The van der Waals surface area contributed by atoms with Gasteiger partial charge in [0.05, 0.1) is 15.4 Å². The lowest BCUT2D eigenvalue weighted by molar-refractivity contribution is -0.118. The van der Waals surface area contributed by atoms with Crippen molar-refractivity contribution in [1.82, 2.24) is 5.32 Å². The van der Waals surface area contributed by atoms with Gasteiger partial charge in [-0.15, -0.1) is 6.42 Å². The van der Waals surface area contributed by atoms with Crippen LogP contribution in [-0.2, 0) is 4.79 Å². The van der Waals surface area contributed by atoms with Crippen molar-refractivity contribution in [1.29, 1.82) is 0 Å². The van der Waals surface area contributed by atoms with Crippen molar-refractivity contribution in [3.05, 3.63) is 33.8 Å². The van der Waals surface area contributed by atoms with Crippen LogP contribution in [0.15, 0.2) is 18.2 Å². The molecule has 0 radical (unpaired) electrons. The smallest absolute Gasteiger partial charge is 0.231 e. The van der Waals surface area contributed by atoms with E-state index in [1.54, 1.807) is 18.2 Å². The Morgan fingerprint density at radius 3 is 2.69 bits per heavy atom. The number of nitrogens with one attached hydrogen (secondary N) is 1. The minimum atomic E-state index is -0.500. The van der Waals surface area contributed by atoms with Crippen LogP contribution in [0.1, 0.15) is 11.6 Å². The van der Waals surface area contributed by atoms with Crippen molar-refractivity contribution in [2.24, 2.45) is 0 Å². The van der Waals surface area contributed by atoms with E-state index in [1.807, 2.05) is 0 Å². The summed E-state index contributed by atoms with van der Waals surface area (Å²) in [5.74, 6) is 2.29. The molecule has 0 spiro atoms. The van der Waals surface area contributed by atoms with Crippen LogP contribution in [-0.4, -0.2) is 11.2 Å². The number of halogens is 3. The van der Waals surface area contributed by atoms with Crippen LogP contribution in [0.5, 0.6) is 0 Å². The highest BCUT2D eigenvalue weighted by atomic mass is 79.9. The highest BCUT2D eigenvalue weighted by molar-refractivity contribution is 9.09. The van der Waals surface area contributed by atoms with Crippen LogP contribution in [0.4, 0.5) is 0 Å². The minimum Gasteiger partial charge on any atom is -0.338 e. The Morgan fingerprint density at radius 1 is 1.50 bits per heavy atom. The number of terminal acetylenes is 1. The number of benzene rings is 1. The Hall–Kier alpha value is -0.690. The van der Waals surface area contributed by atoms with E-state index in [-0.39, 0.29) is 11.2 Å². The Balaban J connectivity index is 2.92. The summed E-state index contributed by atoms with van der Waals surface area (Å²) in [5.41, 5.74) is 0.728. The van der Waals surface area contributed by atoms with Gasteiger partial charge < -0.3 is 5.32 Å². The topological polar surface area (TPSA) is 29.1 Å². The first-order valence-corrected chi connectivity index (χ1v) is 6.22. The molecule has 0 aromatic heterocycles. The first-order chi connectivity index (χ1) is 7.58. The van der Waals surface area contributed by atoms with Gasteiger partial charge in [-0.1, -0.05) is 51.1 Å². The molecule has 5 heteroatoms. The second-order valence-electron chi connectivity index (χ2n) is 2.97. The average Bonchev–Trinajstić information content (AvgIpc) is 2.29. The summed E-state index contributed by atoms with van der Waals surface area (Å²) < 4.78 is 0. The Labute approximate surface area is 112 Å². The van der Waals surface area contributed by atoms with E-state index in [2.05, 4.69) is 27.2 Å². The zero-order chi connectivity index (χ0) is 12.1. The molecule has 0 fully saturated rings. The van der Waals surface area contributed by atoms with Gasteiger partial charge in [0.1, 0.15) is 6.04 Å². The molecule has 0 aliphatic rings. The second kappa shape index (κ2) is 6.15. The molecule has 1 amide bonds. The molecular formula is C11H8BrCl2NO. The molecule has 1 N–H and O–H groups in total. The summed E-state index contributed by atoms with van der Waals surface area (Å²) >= 11 is 14.7. The van der Waals surface area contributed by atoms with Crippen LogP contribution >= 0.6 is 39.1 Å². The molecule has 0 aliphatic carbocycles. The molecule has 0 saturated carbocycles. The standard InChI is InChI=1S/C11H8BrCl2NO/c1-2-10(15-11(16)6-12)7-3-4-8(13)9(14)5-7/h1,3-5,10H,6H2,(H,15,16)/t10-/m0/s1. The Bertz CT molecular complexity index is 442. The Morgan fingerprint density at radius 2 is 2.19 bits per heavy atom. The van der Waals surface area contributed by atoms with E-state index < -0.39 is 6.04 Å². The molecule has 0 heterocycles. The van der Waals surface area contributed by atoms with Gasteiger partial charge in [-0.25, -0.2) is 0 Å². The maximum Gasteiger partial charge on any atom is 0.231 e. The van der Waals surface area contributed by atoms with E-state index in [0.717, 1.165) is 5.56 Å². The normalized spacial score (nSPS) is 11.6. The van der Waals surface area contributed by atoms with Crippen molar-refractivity contribution in [2.75, 3.05) is 5.33 Å². The van der Waals surface area contributed by atoms with E-state index in [4.69, 9.17) is 29.6 Å². The van der Waals surface area contributed by atoms with Crippen LogP contribution < -0.4 is 5.32 Å². The third-order valence-electron chi connectivity index (χ3n) is 1.87. The van der Waals surface area contributed by atoms with E-state index in [1.165, 1.54) is 0 Å². The molecule has 16 heavy (non-hydrogen) atoms. The molecule has 1 rings (SSSR count). The third-order valence-corrected chi connectivity index (χ3v) is 3.12. The summed E-state index contributed by atoms with van der Waals surface area (Å²) in [4.78, 5) is 11.2. The van der Waals surface area contributed by atoms with Crippen molar-refractivity contribution < 1.29 is 4.79 Å². The van der Waals surface area contributed by atoms with Gasteiger partial charge >= 0.3 is 0 Å². The van der Waals surface area contributed by atoms with Crippen molar-refractivity contribution in [3.63, 3.8) is 0 Å². The highest BCUT2D eigenvalue weighted by Crippen LogP contribution is 2.25. The number of alkyl halides is 1. The lowest BCUT2D eigenvalue weighted by Gasteiger charge is -2.13. The number of rotatable bonds is 3. The number of carbonyl (C=O) groups excluding carboxylic acids is 1. The SMILES string of the molecule is C#C[C@H](NC(=O)CBr)c1ccc(Cl)c(Cl)c1. The average molecular weight is 321 g/mol. The lowest BCUT2D eigenvalue weighted by Crippen LogP contribution is -2.28. The van der Waals surface area contributed by atoms with Gasteiger partial charge in [-0.3, -0.25) is 4.79 Å². The largest absolute Gasteiger partial charge is 0.338 e. The van der Waals surface area contributed by atoms with E-state index in [9.17, 15) is 4.79 Å². The van der Waals surface area contributed by atoms with Gasteiger partial charge in [0, 0.05) is 0 Å². The molecular weight excluding hydrogens is 313 g/mol. The van der Waals surface area contributed by atoms with Gasteiger partial charge in [-0.2, -0.15) is 0 Å². The van der Waals surface area contributed by atoms with Crippen molar-refractivity contribution >= 4 is 45.0 Å². The third kappa shape index (κ3) is 3.41. The molecule has 0 aliphatic heterocycles. The maximum absolute atomic E-state index is 11.2. The number of hydrogen-bond donors (Lipinski definition) is 1. The summed E-state index contributed by atoms with van der Waals surface area (Å²) in [6.45, 7) is 0. The molecule has 0 unspecified atom stereocenters. The lowest BCUT2D eigenvalue weighted by atomic mass is 10.1. The number of carbonyl (C=O) groups is 1. The molecule has 1 atom stereocenters. The van der Waals surface area contributed by atoms with E-state index >= 15 is 0 Å². The fraction of sp³-hybridized carbons (Fsp3) is 0.182. The van der Waals surface area contributed by atoms with Crippen LogP contribution in [0.2, 0.25) is 10.0 Å². The number of hydrogen-bond acceptors (Lipinski definition) is 1. The van der Waals surface area contributed by atoms with Crippen LogP contribution in [0.3, 0.4) is 0 Å². The first-order valence-electron chi connectivity index (χ1n) is 4.35. The molecule has 1 aromatic rings. The van der Waals surface area contributed by atoms with Crippen molar-refractivity contribution in [3.8, 4) is 12.3 Å². The molecule has 0 bridgehead atoms. The highest BCUT2D eigenvalue weighted by Gasteiger charge is 2.12. The molecule has 1 aromatic carbocycles. The molecule has 2 nitrogen and oxygen atoms in total. The van der Waals surface area contributed by atoms with Crippen molar-refractivity contribution in [2.45, 2.75) is 6.04 Å². The van der Waals surface area contributed by atoms with Gasteiger partial charge in [0.15, 0.2) is 0 Å².